The molecule has 1 aliphatic rings. The highest BCUT2D eigenvalue weighted by Crippen LogP contribution is 2.34. The molecule has 1 fully saturated rings. The first-order valence-corrected chi connectivity index (χ1v) is 13.5. The zero-order chi connectivity index (χ0) is 22.0. The van der Waals surface area contributed by atoms with E-state index in [0.717, 1.165) is 54.8 Å². The van der Waals surface area contributed by atoms with Crippen LogP contribution in [0.4, 0.5) is 5.69 Å². The van der Waals surface area contributed by atoms with Crippen molar-refractivity contribution in [1.82, 2.24) is 9.88 Å². The number of hydrogen-bond acceptors (Lipinski definition) is 6. The fourth-order valence-electron chi connectivity index (χ4n) is 3.54. The van der Waals surface area contributed by atoms with Crippen LogP contribution >= 0.6 is 22.7 Å². The highest BCUT2D eigenvalue weighted by molar-refractivity contribution is 7.94. The van der Waals surface area contributed by atoms with Gasteiger partial charge in [-0.05, 0) is 56.4 Å². The molecule has 1 amide bonds. The first-order chi connectivity index (χ1) is 14.9. The van der Waals surface area contributed by atoms with Crippen LogP contribution in [0.25, 0.3) is 10.6 Å². The number of likely N-dealkylation sites (tertiary alicyclic amines) is 1. The van der Waals surface area contributed by atoms with E-state index in [9.17, 15) is 13.2 Å². The lowest BCUT2D eigenvalue weighted by molar-refractivity contribution is 0.0728. The normalized spacial score (nSPS) is 14.6. The molecule has 4 rings (SSSR count). The van der Waals surface area contributed by atoms with Crippen molar-refractivity contribution in [2.75, 3.05) is 17.8 Å². The Morgan fingerprint density at radius 2 is 1.87 bits per heavy atom. The van der Waals surface area contributed by atoms with Gasteiger partial charge in [0, 0.05) is 29.7 Å². The minimum Gasteiger partial charge on any atom is -0.338 e. The lowest BCUT2D eigenvalue weighted by Gasteiger charge is -2.26. The standard InChI is InChI=1S/C22H25N3O3S3/c1-3-16-7-9-18(10-8-16)24-31(27,28)19-13-17(14-29-19)21-23-15(2)20(30-21)22(26)25-11-5-4-6-12-25/h7-10,13-14,24H,3-6,11-12H2,1-2H3. The Hall–Kier alpha value is -2.23. The highest BCUT2D eigenvalue weighted by Gasteiger charge is 2.24. The molecule has 1 saturated heterocycles. The fourth-order valence-corrected chi connectivity index (χ4v) is 6.86. The third kappa shape index (κ3) is 4.83. The molecule has 1 aliphatic heterocycles. The summed E-state index contributed by atoms with van der Waals surface area (Å²) in [5.41, 5.74) is 3.10. The van der Waals surface area contributed by atoms with E-state index in [4.69, 9.17) is 0 Å². The van der Waals surface area contributed by atoms with Crippen LogP contribution in [0.2, 0.25) is 0 Å². The lowest BCUT2D eigenvalue weighted by Crippen LogP contribution is -2.35. The van der Waals surface area contributed by atoms with E-state index in [-0.39, 0.29) is 10.1 Å². The van der Waals surface area contributed by atoms with Gasteiger partial charge < -0.3 is 4.90 Å². The number of nitrogens with one attached hydrogen (secondary N) is 1. The molecule has 0 radical (unpaired) electrons. The summed E-state index contributed by atoms with van der Waals surface area (Å²) in [5.74, 6) is 0.0289. The number of aryl methyl sites for hydroxylation is 2. The molecular weight excluding hydrogens is 450 g/mol. The van der Waals surface area contributed by atoms with Crippen molar-refractivity contribution in [2.45, 2.75) is 43.7 Å². The molecule has 0 bridgehead atoms. The summed E-state index contributed by atoms with van der Waals surface area (Å²) in [4.78, 5) is 20.0. The van der Waals surface area contributed by atoms with Gasteiger partial charge in [0.25, 0.3) is 15.9 Å². The molecule has 31 heavy (non-hydrogen) atoms. The Bertz CT molecular complexity index is 1170. The van der Waals surface area contributed by atoms with Crippen molar-refractivity contribution in [3.8, 4) is 10.6 Å². The number of piperidine rings is 1. The van der Waals surface area contributed by atoms with Gasteiger partial charge in [0.1, 0.15) is 14.1 Å². The molecule has 9 heteroatoms. The number of hydrogen-bond donors (Lipinski definition) is 1. The van der Waals surface area contributed by atoms with Crippen molar-refractivity contribution in [3.63, 3.8) is 0 Å². The summed E-state index contributed by atoms with van der Waals surface area (Å²) in [6.45, 7) is 5.47. The number of anilines is 1. The number of amides is 1. The van der Waals surface area contributed by atoms with Crippen molar-refractivity contribution >= 4 is 44.3 Å². The summed E-state index contributed by atoms with van der Waals surface area (Å²) in [6, 6.07) is 9.00. The predicted octanol–water partition coefficient (Wildman–Crippen LogP) is 5.17. The minimum atomic E-state index is -3.69. The van der Waals surface area contributed by atoms with Crippen molar-refractivity contribution < 1.29 is 13.2 Å². The van der Waals surface area contributed by atoms with Crippen LogP contribution in [0, 0.1) is 6.92 Å². The van der Waals surface area contributed by atoms with E-state index < -0.39 is 10.0 Å². The second kappa shape index (κ2) is 9.10. The molecule has 0 spiro atoms. The van der Waals surface area contributed by atoms with Crippen molar-refractivity contribution in [2.24, 2.45) is 0 Å². The summed E-state index contributed by atoms with van der Waals surface area (Å²) >= 11 is 2.49. The van der Waals surface area contributed by atoms with Crippen LogP contribution in [0.15, 0.2) is 39.9 Å². The maximum atomic E-state index is 12.9. The molecule has 1 N–H and O–H groups in total. The first kappa shape index (κ1) is 22.0. The number of rotatable bonds is 6. The van der Waals surface area contributed by atoms with Gasteiger partial charge in [-0.25, -0.2) is 13.4 Å². The van der Waals surface area contributed by atoms with E-state index in [1.807, 2.05) is 24.0 Å². The third-order valence-corrected chi connectivity index (χ3v) is 9.35. The fraction of sp³-hybridized carbons (Fsp3) is 0.364. The van der Waals surface area contributed by atoms with Gasteiger partial charge >= 0.3 is 0 Å². The number of aromatic nitrogens is 1. The second-order valence-corrected chi connectivity index (χ2v) is 11.4. The van der Waals surface area contributed by atoms with E-state index in [1.54, 1.807) is 23.6 Å². The quantitative estimate of drug-likeness (QED) is 0.533. The molecule has 0 aliphatic carbocycles. The smallest absolute Gasteiger partial charge is 0.271 e. The predicted molar refractivity (Wildman–Crippen MR) is 127 cm³/mol. The van der Waals surface area contributed by atoms with Gasteiger partial charge in [-0.15, -0.1) is 22.7 Å². The SMILES string of the molecule is CCc1ccc(NS(=O)(=O)c2cc(-c3nc(C)c(C(=O)N4CCCCC4)s3)cs2)cc1. The summed E-state index contributed by atoms with van der Waals surface area (Å²) in [5, 5.41) is 2.45. The average Bonchev–Trinajstić information content (AvgIpc) is 3.42. The molecule has 2 aromatic heterocycles. The second-order valence-electron chi connectivity index (χ2n) is 7.60. The van der Waals surface area contributed by atoms with Crippen LogP contribution in [0.1, 0.15) is 47.1 Å². The zero-order valence-corrected chi connectivity index (χ0v) is 20.0. The van der Waals surface area contributed by atoms with E-state index in [0.29, 0.717) is 21.3 Å². The summed E-state index contributed by atoms with van der Waals surface area (Å²) in [7, 11) is -3.69. The number of benzene rings is 1. The van der Waals surface area contributed by atoms with Crippen LogP contribution in [-0.4, -0.2) is 37.3 Å². The Kier molecular flexibility index (Phi) is 6.45. The number of carbonyl (C=O) groups excluding carboxylic acids is 1. The van der Waals surface area contributed by atoms with E-state index in [2.05, 4.69) is 16.6 Å². The maximum absolute atomic E-state index is 12.9. The molecular formula is C22H25N3O3S3. The van der Waals surface area contributed by atoms with Gasteiger partial charge in [-0.2, -0.15) is 0 Å². The first-order valence-electron chi connectivity index (χ1n) is 10.3. The van der Waals surface area contributed by atoms with Crippen LogP contribution in [-0.2, 0) is 16.4 Å². The Morgan fingerprint density at radius 1 is 1.16 bits per heavy atom. The lowest BCUT2D eigenvalue weighted by atomic mass is 10.1. The van der Waals surface area contributed by atoms with Gasteiger partial charge in [-0.1, -0.05) is 19.1 Å². The molecule has 1 aromatic carbocycles. The molecule has 0 atom stereocenters. The van der Waals surface area contributed by atoms with E-state index in [1.165, 1.54) is 17.8 Å². The van der Waals surface area contributed by atoms with Crippen LogP contribution < -0.4 is 4.72 Å². The molecule has 6 nitrogen and oxygen atoms in total. The number of thiazole rings is 1. The monoisotopic (exact) mass is 475 g/mol. The summed E-state index contributed by atoms with van der Waals surface area (Å²) in [6.07, 6.45) is 4.14. The van der Waals surface area contributed by atoms with Gasteiger partial charge in [0.05, 0.1) is 5.69 Å². The van der Waals surface area contributed by atoms with Gasteiger partial charge in [0.2, 0.25) is 0 Å². The summed E-state index contributed by atoms with van der Waals surface area (Å²) < 4.78 is 28.5. The van der Waals surface area contributed by atoms with Crippen molar-refractivity contribution in [1.29, 1.82) is 0 Å². The van der Waals surface area contributed by atoms with E-state index >= 15 is 0 Å². The maximum Gasteiger partial charge on any atom is 0.271 e. The third-order valence-electron chi connectivity index (χ3n) is 5.34. The van der Waals surface area contributed by atoms with Gasteiger partial charge in [0.15, 0.2) is 0 Å². The largest absolute Gasteiger partial charge is 0.338 e. The van der Waals surface area contributed by atoms with Crippen LogP contribution in [0.3, 0.4) is 0 Å². The number of thiophene rings is 1. The minimum absolute atomic E-state index is 0.0289. The average molecular weight is 476 g/mol. The zero-order valence-electron chi connectivity index (χ0n) is 17.6. The Morgan fingerprint density at radius 3 is 2.55 bits per heavy atom. The molecule has 3 aromatic rings. The number of nitrogens with zero attached hydrogens (tertiary/aromatic N) is 2. The highest BCUT2D eigenvalue weighted by atomic mass is 32.2. The molecule has 3 heterocycles. The topological polar surface area (TPSA) is 79.4 Å². The Balaban J connectivity index is 1.53. The molecule has 0 unspecified atom stereocenters. The van der Waals surface area contributed by atoms with Crippen LogP contribution in [0.5, 0.6) is 0 Å². The Labute approximate surface area is 191 Å². The van der Waals surface area contributed by atoms with Crippen molar-refractivity contribution in [3.05, 3.63) is 51.8 Å². The molecule has 164 valence electrons. The van der Waals surface area contributed by atoms with Gasteiger partial charge in [-0.3, -0.25) is 9.52 Å². The number of sulfonamides is 1. The molecule has 0 saturated carbocycles. The number of carbonyl (C=O) groups is 1.